The molecule has 2 amide bonds. The first-order chi connectivity index (χ1) is 12.9. The molecule has 0 bridgehead atoms. The molecule has 3 rings (SSSR count). The van der Waals surface area contributed by atoms with Crippen LogP contribution in [0, 0.1) is 18.7 Å². The highest BCUT2D eigenvalue weighted by Gasteiger charge is 2.41. The largest absolute Gasteiger partial charge is 0.354 e. The lowest BCUT2D eigenvalue weighted by atomic mass is 9.88. The van der Waals surface area contributed by atoms with E-state index in [-0.39, 0.29) is 29.6 Å². The summed E-state index contributed by atoms with van der Waals surface area (Å²) in [5.41, 5.74) is 2.29. The van der Waals surface area contributed by atoms with Crippen molar-refractivity contribution in [1.29, 1.82) is 0 Å². The summed E-state index contributed by atoms with van der Waals surface area (Å²) < 4.78 is 13.8. The Morgan fingerprint density at radius 3 is 2.52 bits per heavy atom. The van der Waals surface area contributed by atoms with Crippen LogP contribution in [0.1, 0.15) is 41.3 Å². The average molecular weight is 368 g/mol. The number of hydrogen-bond acceptors (Lipinski definition) is 2. The minimum Gasteiger partial charge on any atom is -0.354 e. The fourth-order valence-electron chi connectivity index (χ4n) is 3.69. The van der Waals surface area contributed by atoms with E-state index in [0.29, 0.717) is 18.7 Å². The van der Waals surface area contributed by atoms with Crippen LogP contribution in [-0.2, 0) is 4.79 Å². The number of nitrogens with zero attached hydrogens (tertiary/aromatic N) is 1. The van der Waals surface area contributed by atoms with E-state index < -0.39 is 5.92 Å². The van der Waals surface area contributed by atoms with Crippen LogP contribution in [0.5, 0.6) is 0 Å². The number of amides is 2. The van der Waals surface area contributed by atoms with Crippen molar-refractivity contribution in [3.63, 3.8) is 0 Å². The Balaban J connectivity index is 1.90. The molecule has 142 valence electrons. The Kier molecular flexibility index (Phi) is 5.59. The van der Waals surface area contributed by atoms with E-state index in [9.17, 15) is 14.0 Å². The van der Waals surface area contributed by atoms with Gasteiger partial charge in [0, 0.05) is 30.6 Å². The number of hydrogen-bond donors (Lipinski definition) is 1. The second kappa shape index (κ2) is 7.91. The standard InChI is InChI=1S/C22H25FN2O2/c1-14(2)24-21(26)20-13-25(22(27)18-10-5-4-7-15(18)3)12-19(20)16-8-6-9-17(23)11-16/h4-11,14,19-20H,12-13H2,1-3H3,(H,24,26)/t19-,20-/m0/s1. The van der Waals surface area contributed by atoms with Gasteiger partial charge < -0.3 is 10.2 Å². The molecule has 1 fully saturated rings. The Hall–Kier alpha value is -2.69. The van der Waals surface area contributed by atoms with Crippen molar-refractivity contribution < 1.29 is 14.0 Å². The first kappa shape index (κ1) is 19.1. The van der Waals surface area contributed by atoms with Gasteiger partial charge in [-0.2, -0.15) is 0 Å². The number of halogens is 1. The molecule has 0 saturated carbocycles. The zero-order valence-electron chi connectivity index (χ0n) is 15.9. The molecule has 0 aliphatic carbocycles. The lowest BCUT2D eigenvalue weighted by molar-refractivity contribution is -0.125. The summed E-state index contributed by atoms with van der Waals surface area (Å²) in [5, 5.41) is 2.94. The summed E-state index contributed by atoms with van der Waals surface area (Å²) in [7, 11) is 0. The van der Waals surface area contributed by atoms with Crippen LogP contribution in [0.25, 0.3) is 0 Å². The highest BCUT2D eigenvalue weighted by atomic mass is 19.1. The van der Waals surface area contributed by atoms with Gasteiger partial charge in [0.15, 0.2) is 0 Å². The van der Waals surface area contributed by atoms with E-state index >= 15 is 0 Å². The highest BCUT2D eigenvalue weighted by Crippen LogP contribution is 2.34. The molecule has 0 spiro atoms. The van der Waals surface area contributed by atoms with Crippen molar-refractivity contribution in [3.05, 3.63) is 71.0 Å². The summed E-state index contributed by atoms with van der Waals surface area (Å²) in [4.78, 5) is 27.5. The predicted octanol–water partition coefficient (Wildman–Crippen LogP) is 3.51. The van der Waals surface area contributed by atoms with Crippen LogP contribution in [0.2, 0.25) is 0 Å². The van der Waals surface area contributed by atoms with Gasteiger partial charge in [-0.25, -0.2) is 4.39 Å². The lowest BCUT2D eigenvalue weighted by Gasteiger charge is -2.19. The van der Waals surface area contributed by atoms with Crippen molar-refractivity contribution >= 4 is 11.8 Å². The molecule has 5 heteroatoms. The Bertz CT molecular complexity index is 850. The Morgan fingerprint density at radius 1 is 1.11 bits per heavy atom. The molecule has 0 radical (unpaired) electrons. The van der Waals surface area contributed by atoms with Crippen molar-refractivity contribution in [2.45, 2.75) is 32.7 Å². The molecule has 1 aliphatic heterocycles. The number of rotatable bonds is 4. The zero-order chi connectivity index (χ0) is 19.6. The minimum absolute atomic E-state index is 0.00628. The van der Waals surface area contributed by atoms with Gasteiger partial charge in [0.25, 0.3) is 5.91 Å². The molecule has 2 aromatic carbocycles. The van der Waals surface area contributed by atoms with Crippen molar-refractivity contribution in [2.75, 3.05) is 13.1 Å². The highest BCUT2D eigenvalue weighted by molar-refractivity contribution is 5.96. The number of carbonyl (C=O) groups is 2. The van der Waals surface area contributed by atoms with Crippen molar-refractivity contribution in [2.24, 2.45) is 5.92 Å². The molecule has 1 heterocycles. The third-order valence-electron chi connectivity index (χ3n) is 5.03. The number of nitrogens with one attached hydrogen (secondary N) is 1. The third kappa shape index (κ3) is 4.18. The molecular weight excluding hydrogens is 343 g/mol. The van der Waals surface area contributed by atoms with Gasteiger partial charge in [-0.05, 0) is 50.1 Å². The van der Waals surface area contributed by atoms with Crippen LogP contribution in [0.15, 0.2) is 48.5 Å². The van der Waals surface area contributed by atoms with Gasteiger partial charge in [0.05, 0.1) is 5.92 Å². The summed E-state index contributed by atoms with van der Waals surface area (Å²) in [6.07, 6.45) is 0. The van der Waals surface area contributed by atoms with Gasteiger partial charge in [-0.3, -0.25) is 9.59 Å². The smallest absolute Gasteiger partial charge is 0.254 e. The Labute approximate surface area is 159 Å². The molecule has 1 aliphatic rings. The number of aryl methyl sites for hydroxylation is 1. The van der Waals surface area contributed by atoms with E-state index in [1.165, 1.54) is 12.1 Å². The molecule has 27 heavy (non-hydrogen) atoms. The summed E-state index contributed by atoms with van der Waals surface area (Å²) in [6, 6.07) is 13.8. The molecule has 1 N–H and O–H groups in total. The van der Waals surface area contributed by atoms with E-state index in [2.05, 4.69) is 5.32 Å². The van der Waals surface area contributed by atoms with Gasteiger partial charge in [0.1, 0.15) is 5.82 Å². The topological polar surface area (TPSA) is 49.4 Å². The van der Waals surface area contributed by atoms with Crippen molar-refractivity contribution in [3.8, 4) is 0 Å². The number of likely N-dealkylation sites (tertiary alicyclic amines) is 1. The van der Waals surface area contributed by atoms with Crippen LogP contribution in [0.4, 0.5) is 4.39 Å². The zero-order valence-corrected chi connectivity index (χ0v) is 15.9. The van der Waals surface area contributed by atoms with Crippen LogP contribution < -0.4 is 5.32 Å². The summed E-state index contributed by atoms with van der Waals surface area (Å²) >= 11 is 0. The molecule has 0 aromatic heterocycles. The molecule has 4 nitrogen and oxygen atoms in total. The van der Waals surface area contributed by atoms with Crippen LogP contribution in [-0.4, -0.2) is 35.8 Å². The lowest BCUT2D eigenvalue weighted by Crippen LogP contribution is -2.39. The van der Waals surface area contributed by atoms with Gasteiger partial charge >= 0.3 is 0 Å². The van der Waals surface area contributed by atoms with Gasteiger partial charge in [0.2, 0.25) is 5.91 Å². The predicted molar refractivity (Wildman–Crippen MR) is 103 cm³/mol. The second-order valence-electron chi connectivity index (χ2n) is 7.46. The fraction of sp³-hybridized carbons (Fsp3) is 0.364. The number of carbonyl (C=O) groups excluding carboxylic acids is 2. The van der Waals surface area contributed by atoms with Gasteiger partial charge in [-0.15, -0.1) is 0 Å². The molecule has 2 atom stereocenters. The van der Waals surface area contributed by atoms with E-state index in [1.54, 1.807) is 17.0 Å². The van der Waals surface area contributed by atoms with Crippen LogP contribution in [0.3, 0.4) is 0 Å². The van der Waals surface area contributed by atoms with Crippen LogP contribution >= 0.6 is 0 Å². The second-order valence-corrected chi connectivity index (χ2v) is 7.46. The molecule has 2 aromatic rings. The molecule has 1 saturated heterocycles. The van der Waals surface area contributed by atoms with E-state index in [4.69, 9.17) is 0 Å². The number of benzene rings is 2. The first-order valence-corrected chi connectivity index (χ1v) is 9.27. The maximum Gasteiger partial charge on any atom is 0.254 e. The maximum atomic E-state index is 13.8. The van der Waals surface area contributed by atoms with Crippen molar-refractivity contribution in [1.82, 2.24) is 10.2 Å². The molecule has 0 unspecified atom stereocenters. The first-order valence-electron chi connectivity index (χ1n) is 9.27. The maximum absolute atomic E-state index is 13.8. The normalized spacial score (nSPS) is 19.4. The summed E-state index contributed by atoms with van der Waals surface area (Å²) in [5.74, 6) is -1.15. The van der Waals surface area contributed by atoms with E-state index in [0.717, 1.165) is 11.1 Å². The van der Waals surface area contributed by atoms with E-state index in [1.807, 2.05) is 45.0 Å². The minimum atomic E-state index is -0.401. The average Bonchev–Trinajstić information content (AvgIpc) is 3.06. The third-order valence-corrected chi connectivity index (χ3v) is 5.03. The summed E-state index contributed by atoms with van der Waals surface area (Å²) in [6.45, 7) is 6.43. The monoisotopic (exact) mass is 368 g/mol. The quantitative estimate of drug-likeness (QED) is 0.898. The van der Waals surface area contributed by atoms with Gasteiger partial charge in [-0.1, -0.05) is 30.3 Å². The molecular formula is C22H25FN2O2. The fourth-order valence-corrected chi connectivity index (χ4v) is 3.69. The Morgan fingerprint density at radius 2 is 1.85 bits per heavy atom. The SMILES string of the molecule is Cc1ccccc1C(=O)N1C[C@H](C(=O)NC(C)C)[C@H](c2cccc(F)c2)C1.